The van der Waals surface area contributed by atoms with Crippen LogP contribution in [0, 0.1) is 5.92 Å². The summed E-state index contributed by atoms with van der Waals surface area (Å²) in [5.74, 6) is 1.42. The van der Waals surface area contributed by atoms with Gasteiger partial charge >= 0.3 is 6.09 Å². The lowest BCUT2D eigenvalue weighted by molar-refractivity contribution is 0.177. The molecule has 0 saturated carbocycles. The van der Waals surface area contributed by atoms with Gasteiger partial charge in [-0.2, -0.15) is 4.98 Å². The molecule has 30 heavy (non-hydrogen) atoms. The number of aromatic nitrogens is 2. The van der Waals surface area contributed by atoms with Gasteiger partial charge in [-0.15, -0.1) is 0 Å². The molecule has 3 heterocycles. The molecule has 2 fully saturated rings. The summed E-state index contributed by atoms with van der Waals surface area (Å²) in [6, 6.07) is 10.1. The molecule has 0 aliphatic carbocycles. The van der Waals surface area contributed by atoms with Crippen molar-refractivity contribution < 1.29 is 9.53 Å². The molecule has 3 N–H and O–H groups in total. The minimum atomic E-state index is -0.342. The number of anilines is 3. The lowest BCUT2D eigenvalue weighted by Crippen LogP contribution is -2.42. The molecule has 2 atom stereocenters. The van der Waals surface area contributed by atoms with Crippen LogP contribution in [-0.4, -0.2) is 52.7 Å². The molecule has 2 aliphatic heterocycles. The highest BCUT2D eigenvalue weighted by molar-refractivity contribution is 5.89. The van der Waals surface area contributed by atoms with Gasteiger partial charge in [-0.25, -0.2) is 9.78 Å². The molecule has 8 nitrogen and oxygen atoms in total. The van der Waals surface area contributed by atoms with E-state index >= 15 is 0 Å². The van der Waals surface area contributed by atoms with Crippen molar-refractivity contribution in [1.29, 1.82) is 0 Å². The van der Waals surface area contributed by atoms with Crippen LogP contribution in [0.25, 0.3) is 0 Å². The van der Waals surface area contributed by atoms with Gasteiger partial charge in [0.25, 0.3) is 0 Å². The summed E-state index contributed by atoms with van der Waals surface area (Å²) in [6.07, 6.45) is 3.53. The van der Waals surface area contributed by atoms with E-state index in [1.807, 2.05) is 12.1 Å². The largest absolute Gasteiger partial charge is 0.447 e. The molecule has 2 aliphatic rings. The van der Waals surface area contributed by atoms with Gasteiger partial charge in [0, 0.05) is 31.0 Å². The molecule has 2 aromatic rings. The molecule has 0 unspecified atom stereocenters. The molecule has 0 bridgehead atoms. The number of nitrogens with one attached hydrogen (secondary N) is 1. The Bertz CT molecular complexity index is 872. The molecule has 2 saturated heterocycles. The first-order chi connectivity index (χ1) is 14.5. The van der Waals surface area contributed by atoms with Crippen LogP contribution in [0.2, 0.25) is 0 Å². The number of nitrogen functional groups attached to an aromatic ring is 1. The highest BCUT2D eigenvalue weighted by atomic mass is 16.6. The van der Waals surface area contributed by atoms with Crippen LogP contribution in [0.15, 0.2) is 36.5 Å². The highest BCUT2D eigenvalue weighted by Gasteiger charge is 2.37. The van der Waals surface area contributed by atoms with Crippen LogP contribution in [0.5, 0.6) is 0 Å². The van der Waals surface area contributed by atoms with E-state index in [4.69, 9.17) is 10.5 Å². The molecule has 1 amide bonds. The summed E-state index contributed by atoms with van der Waals surface area (Å²) < 4.78 is 5.25. The Labute approximate surface area is 177 Å². The summed E-state index contributed by atoms with van der Waals surface area (Å²) in [4.78, 5) is 25.3. The van der Waals surface area contributed by atoms with E-state index in [2.05, 4.69) is 46.2 Å². The number of nitrogens with two attached hydrogens (primary N) is 1. The number of carbonyl (C=O) groups excluding carboxylic acids is 1. The number of piperidine rings is 1. The Balaban J connectivity index is 1.41. The van der Waals surface area contributed by atoms with Crippen molar-refractivity contribution in [1.82, 2.24) is 14.9 Å². The number of hydrogen-bond acceptors (Lipinski definition) is 7. The first-order valence-electron chi connectivity index (χ1n) is 10.6. The van der Waals surface area contributed by atoms with Crippen molar-refractivity contribution in [2.75, 3.05) is 35.6 Å². The third-order valence-corrected chi connectivity index (χ3v) is 5.79. The summed E-state index contributed by atoms with van der Waals surface area (Å²) in [7, 11) is 0. The third-order valence-electron chi connectivity index (χ3n) is 5.79. The molecule has 8 heteroatoms. The second-order valence-corrected chi connectivity index (χ2v) is 8.46. The van der Waals surface area contributed by atoms with Gasteiger partial charge < -0.3 is 15.8 Å². The minimum Gasteiger partial charge on any atom is -0.447 e. The fourth-order valence-electron chi connectivity index (χ4n) is 4.12. The van der Waals surface area contributed by atoms with Gasteiger partial charge in [0.15, 0.2) is 0 Å². The maximum atomic E-state index is 12.2. The number of carbonyl (C=O) groups is 1. The number of likely N-dealkylation sites (tertiary alicyclic amines) is 1. The Morgan fingerprint density at radius 3 is 2.83 bits per heavy atom. The number of rotatable bonds is 6. The van der Waals surface area contributed by atoms with Crippen molar-refractivity contribution in [3.05, 3.63) is 42.1 Å². The van der Waals surface area contributed by atoms with Gasteiger partial charge in [0.1, 0.15) is 12.4 Å². The zero-order valence-electron chi connectivity index (χ0n) is 17.6. The minimum absolute atomic E-state index is 0.00895. The van der Waals surface area contributed by atoms with E-state index in [1.54, 1.807) is 17.2 Å². The van der Waals surface area contributed by atoms with E-state index in [9.17, 15) is 4.79 Å². The smallest absolute Gasteiger partial charge is 0.415 e. The van der Waals surface area contributed by atoms with Crippen molar-refractivity contribution >= 4 is 23.5 Å². The first kappa shape index (κ1) is 20.4. The summed E-state index contributed by atoms with van der Waals surface area (Å²) >= 11 is 0. The van der Waals surface area contributed by atoms with Crippen LogP contribution >= 0.6 is 0 Å². The number of cyclic esters (lactones) is 1. The van der Waals surface area contributed by atoms with E-state index in [1.165, 1.54) is 5.56 Å². The molecular weight excluding hydrogens is 380 g/mol. The van der Waals surface area contributed by atoms with Gasteiger partial charge in [0.05, 0.1) is 6.04 Å². The van der Waals surface area contributed by atoms with Gasteiger partial charge in [-0.05, 0) is 49.1 Å². The third kappa shape index (κ3) is 4.64. The molecule has 160 valence electrons. The average molecular weight is 411 g/mol. The fourth-order valence-corrected chi connectivity index (χ4v) is 4.12. The second-order valence-electron chi connectivity index (χ2n) is 8.46. The number of ether oxygens (including phenoxy) is 1. The lowest BCUT2D eigenvalue weighted by atomic mass is 10.0. The predicted octanol–water partition coefficient (Wildman–Crippen LogP) is 3.12. The number of benzene rings is 1. The topological polar surface area (TPSA) is 96.6 Å². The normalized spacial score (nSPS) is 22.4. The van der Waals surface area contributed by atoms with Gasteiger partial charge in [-0.1, -0.05) is 26.0 Å². The molecule has 1 aromatic heterocycles. The number of nitrogens with zero attached hydrogens (tertiary/aromatic N) is 4. The van der Waals surface area contributed by atoms with Crippen LogP contribution in [0.4, 0.5) is 22.2 Å². The van der Waals surface area contributed by atoms with Crippen molar-refractivity contribution in [2.24, 2.45) is 5.92 Å². The maximum absolute atomic E-state index is 12.2. The first-order valence-corrected chi connectivity index (χ1v) is 10.6. The molecule has 0 radical (unpaired) electrons. The van der Waals surface area contributed by atoms with Crippen LogP contribution in [0.1, 0.15) is 32.3 Å². The SMILES string of the molecule is CC(C)[C@H]1COC(=O)N1c1ccnc(N[C@H]2CCCN(Cc3ccc(N)cc3)C2)n1. The van der Waals surface area contributed by atoms with Crippen molar-refractivity contribution in [2.45, 2.75) is 45.3 Å². The number of hydrogen-bond donors (Lipinski definition) is 2. The predicted molar refractivity (Wildman–Crippen MR) is 117 cm³/mol. The van der Waals surface area contributed by atoms with E-state index in [0.717, 1.165) is 38.2 Å². The molecule has 0 spiro atoms. The van der Waals surface area contributed by atoms with Crippen LogP contribution < -0.4 is 16.0 Å². The van der Waals surface area contributed by atoms with E-state index in [0.29, 0.717) is 18.4 Å². The average Bonchev–Trinajstić information content (AvgIpc) is 3.12. The molecule has 1 aromatic carbocycles. The van der Waals surface area contributed by atoms with Crippen LogP contribution in [-0.2, 0) is 11.3 Å². The fraction of sp³-hybridized carbons (Fsp3) is 0.500. The van der Waals surface area contributed by atoms with Crippen molar-refractivity contribution in [3.8, 4) is 0 Å². The van der Waals surface area contributed by atoms with E-state index < -0.39 is 0 Å². The number of amides is 1. The van der Waals surface area contributed by atoms with Gasteiger partial charge in [0.2, 0.25) is 5.95 Å². The second kappa shape index (κ2) is 8.87. The summed E-state index contributed by atoms with van der Waals surface area (Å²) in [5, 5.41) is 3.47. The maximum Gasteiger partial charge on any atom is 0.415 e. The summed E-state index contributed by atoms with van der Waals surface area (Å²) in [5.41, 5.74) is 7.84. The Morgan fingerprint density at radius 1 is 1.27 bits per heavy atom. The highest BCUT2D eigenvalue weighted by Crippen LogP contribution is 2.26. The zero-order chi connectivity index (χ0) is 21.1. The zero-order valence-corrected chi connectivity index (χ0v) is 17.6. The molecular formula is C22H30N6O2. The van der Waals surface area contributed by atoms with E-state index in [-0.39, 0.29) is 24.1 Å². The monoisotopic (exact) mass is 410 g/mol. The summed E-state index contributed by atoms with van der Waals surface area (Å²) in [6.45, 7) is 7.44. The standard InChI is InChI=1S/C22H30N6O2/c1-15(2)19-14-30-22(29)28(19)20-9-10-24-21(26-20)25-18-4-3-11-27(13-18)12-16-5-7-17(23)8-6-16/h5-10,15,18-19H,3-4,11-14,23H2,1-2H3,(H,24,25,26)/t18-,19+/m0/s1. The lowest BCUT2D eigenvalue weighted by Gasteiger charge is -2.33. The quantitative estimate of drug-likeness (QED) is 0.706. The molecule has 4 rings (SSSR count). The van der Waals surface area contributed by atoms with Crippen LogP contribution in [0.3, 0.4) is 0 Å². The Hall–Kier alpha value is -2.87. The Morgan fingerprint density at radius 2 is 2.07 bits per heavy atom. The van der Waals surface area contributed by atoms with Crippen molar-refractivity contribution in [3.63, 3.8) is 0 Å². The Kier molecular flexibility index (Phi) is 6.03. The van der Waals surface area contributed by atoms with Gasteiger partial charge in [-0.3, -0.25) is 9.80 Å².